The van der Waals surface area contributed by atoms with E-state index < -0.39 is 24.0 Å². The molecule has 0 radical (unpaired) electrons. The molecular weight excluding hydrogens is 689 g/mol. The highest BCUT2D eigenvalue weighted by molar-refractivity contribution is 5.65. The van der Waals surface area contributed by atoms with Gasteiger partial charge >= 0.3 is 0 Å². The van der Waals surface area contributed by atoms with E-state index >= 15 is 0 Å². The number of nitrogens with zero attached hydrogens (tertiary/aromatic N) is 2. The molecule has 0 saturated heterocycles. The average Bonchev–Trinajstić information content (AvgIpc) is 3.21. The molecule has 2 unspecified atom stereocenters. The fourth-order valence-electron chi connectivity index (χ4n) is 5.88. The van der Waals surface area contributed by atoms with Gasteiger partial charge in [0.2, 0.25) is 0 Å². The normalized spacial score (nSPS) is 12.1. The van der Waals surface area contributed by atoms with E-state index in [4.69, 9.17) is 9.47 Å². The van der Waals surface area contributed by atoms with Crippen molar-refractivity contribution in [3.8, 4) is 34.0 Å². The molecule has 1 heterocycles. The summed E-state index contributed by atoms with van der Waals surface area (Å²) in [5.41, 5.74) is 3.37. The smallest absolute Gasteiger partial charge is 0.166 e. The molecule has 1 aromatic heterocycles. The Bertz CT molecular complexity index is 1570. The highest BCUT2D eigenvalue weighted by Gasteiger charge is 2.15. The molecule has 0 fully saturated rings. The molecule has 0 amide bonds. The summed E-state index contributed by atoms with van der Waals surface area (Å²) in [6.07, 6.45) is 18.9. The van der Waals surface area contributed by atoms with E-state index in [1.807, 2.05) is 43.6 Å². The summed E-state index contributed by atoms with van der Waals surface area (Å²) in [5.74, 6) is 0.326. The van der Waals surface area contributed by atoms with Gasteiger partial charge in [0.05, 0.1) is 0 Å². The Kier molecular flexibility index (Phi) is 21.4. The molecule has 296 valence electrons. The van der Waals surface area contributed by atoms with Crippen molar-refractivity contribution in [1.29, 1.82) is 0 Å². The van der Waals surface area contributed by atoms with Gasteiger partial charge in [0.1, 0.15) is 37.1 Å². The molecule has 54 heavy (non-hydrogen) atoms. The summed E-state index contributed by atoms with van der Waals surface area (Å²) in [6, 6.07) is 17.5. The summed E-state index contributed by atoms with van der Waals surface area (Å²) >= 11 is 0. The minimum atomic E-state index is -1.01. The zero-order valence-electron chi connectivity index (χ0n) is 33.0. The summed E-state index contributed by atoms with van der Waals surface area (Å²) in [7, 11) is 0. The van der Waals surface area contributed by atoms with Crippen molar-refractivity contribution in [1.82, 2.24) is 9.97 Å². The first-order valence-corrected chi connectivity index (χ1v) is 20.3. The van der Waals surface area contributed by atoms with Crippen molar-refractivity contribution in [2.75, 3.05) is 13.2 Å². The molecule has 0 N–H and O–H groups in total. The minimum Gasteiger partial charge on any atom is -0.491 e. The van der Waals surface area contributed by atoms with E-state index in [1.54, 1.807) is 43.3 Å². The second kappa shape index (κ2) is 26.0. The number of unbranched alkanes of at least 4 members (excludes halogenated alkanes) is 10. The number of halogens is 4. The van der Waals surface area contributed by atoms with E-state index in [1.165, 1.54) is 63.4 Å². The van der Waals surface area contributed by atoms with Gasteiger partial charge in [-0.2, -0.15) is 0 Å². The predicted octanol–water partition coefficient (Wildman–Crippen LogP) is 13.8. The first kappa shape index (κ1) is 44.5. The molecule has 2 atom stereocenters. The van der Waals surface area contributed by atoms with E-state index in [9.17, 15) is 17.6 Å². The molecule has 4 aromatic rings. The zero-order valence-corrected chi connectivity index (χ0v) is 33.0. The van der Waals surface area contributed by atoms with Gasteiger partial charge < -0.3 is 9.47 Å². The molecule has 0 aliphatic rings. The zero-order chi connectivity index (χ0) is 39.0. The number of rotatable bonds is 24. The van der Waals surface area contributed by atoms with Crippen LogP contribution in [-0.2, 0) is 12.8 Å². The van der Waals surface area contributed by atoms with Crippen LogP contribution in [0.1, 0.15) is 129 Å². The van der Waals surface area contributed by atoms with E-state index in [0.717, 1.165) is 31.2 Å². The number of aryl methyl sites for hydroxylation is 2. The van der Waals surface area contributed by atoms with Gasteiger partial charge in [0.15, 0.2) is 17.5 Å². The largest absolute Gasteiger partial charge is 0.491 e. The van der Waals surface area contributed by atoms with E-state index in [0.29, 0.717) is 47.7 Å². The molecular formula is C46H62F4N2O2. The van der Waals surface area contributed by atoms with E-state index in [2.05, 4.69) is 23.8 Å². The maximum absolute atomic E-state index is 14.6. The molecule has 0 aliphatic heterocycles. The van der Waals surface area contributed by atoms with Gasteiger partial charge in [-0.1, -0.05) is 116 Å². The monoisotopic (exact) mass is 750 g/mol. The Morgan fingerprint density at radius 1 is 0.519 bits per heavy atom. The van der Waals surface area contributed by atoms with Crippen LogP contribution < -0.4 is 9.47 Å². The summed E-state index contributed by atoms with van der Waals surface area (Å²) in [5, 5.41) is 0. The average molecular weight is 751 g/mol. The van der Waals surface area contributed by atoms with Crippen LogP contribution in [0, 0.1) is 11.6 Å². The lowest BCUT2D eigenvalue weighted by Crippen LogP contribution is -2.11. The number of ether oxygens (including phenoxy) is 2. The fourth-order valence-corrected chi connectivity index (χ4v) is 5.88. The maximum Gasteiger partial charge on any atom is 0.166 e. The maximum atomic E-state index is 14.6. The lowest BCUT2D eigenvalue weighted by Gasteiger charge is -2.11. The van der Waals surface area contributed by atoms with Crippen molar-refractivity contribution in [3.05, 3.63) is 95.8 Å². The molecule has 3 aromatic carbocycles. The third kappa shape index (κ3) is 16.2. The highest BCUT2D eigenvalue weighted by atomic mass is 19.2. The molecule has 0 saturated carbocycles. The fraction of sp³-hybridized carbons (Fsp3) is 0.522. The van der Waals surface area contributed by atoms with Crippen molar-refractivity contribution in [2.24, 2.45) is 0 Å². The topological polar surface area (TPSA) is 44.2 Å². The van der Waals surface area contributed by atoms with Gasteiger partial charge in [-0.25, -0.2) is 27.5 Å². The van der Waals surface area contributed by atoms with Crippen LogP contribution in [0.3, 0.4) is 0 Å². The van der Waals surface area contributed by atoms with Gasteiger partial charge in [-0.15, -0.1) is 0 Å². The number of hydrogen-bond donors (Lipinski definition) is 0. The number of alkyl halides is 2. The van der Waals surface area contributed by atoms with Gasteiger partial charge in [-0.3, -0.25) is 0 Å². The van der Waals surface area contributed by atoms with Crippen LogP contribution in [0.5, 0.6) is 11.5 Å². The van der Waals surface area contributed by atoms with Crippen molar-refractivity contribution in [2.45, 2.75) is 143 Å². The summed E-state index contributed by atoms with van der Waals surface area (Å²) < 4.78 is 66.3. The van der Waals surface area contributed by atoms with Gasteiger partial charge in [0.25, 0.3) is 0 Å². The number of aromatic nitrogens is 2. The Labute approximate surface area is 322 Å². The second-order valence-corrected chi connectivity index (χ2v) is 14.0. The Morgan fingerprint density at radius 2 is 0.981 bits per heavy atom. The van der Waals surface area contributed by atoms with Crippen LogP contribution in [-0.4, -0.2) is 35.5 Å². The molecule has 8 heteroatoms. The Morgan fingerprint density at radius 3 is 1.48 bits per heavy atom. The number of benzene rings is 3. The first-order valence-electron chi connectivity index (χ1n) is 20.3. The third-order valence-corrected chi connectivity index (χ3v) is 9.51. The minimum absolute atomic E-state index is 0.00796. The van der Waals surface area contributed by atoms with Crippen molar-refractivity contribution >= 4 is 0 Å². The second-order valence-electron chi connectivity index (χ2n) is 14.0. The standard InChI is InChI=1S/C24H31F3O.C22H31FN2O/c1-3-5-6-7-8-9-10-19-13-16-22(24(27)23(19)26)18-11-14-21(15-12-18)28-17-20(25)4-2;1-3-5-6-7-8-9-10-18-15-24-22(25-16-18)19-11-13-21(14-12-19)26-17-20(23)4-2/h11-16,20H,3-10,17H2,1-2H3;11-16,20H,3-10,17H2,1-2H3. The molecule has 0 aliphatic carbocycles. The van der Waals surface area contributed by atoms with Crippen molar-refractivity contribution in [3.63, 3.8) is 0 Å². The van der Waals surface area contributed by atoms with Crippen LogP contribution in [0.15, 0.2) is 73.1 Å². The van der Waals surface area contributed by atoms with Crippen LogP contribution in [0.4, 0.5) is 17.6 Å². The first-order chi connectivity index (χ1) is 26.3. The van der Waals surface area contributed by atoms with Gasteiger partial charge in [-0.05, 0) is 91.6 Å². The quantitative estimate of drug-likeness (QED) is 0.0528. The Hall–Kier alpha value is -3.94. The predicted molar refractivity (Wildman–Crippen MR) is 215 cm³/mol. The summed E-state index contributed by atoms with van der Waals surface area (Å²) in [4.78, 5) is 8.96. The van der Waals surface area contributed by atoms with Crippen LogP contribution >= 0.6 is 0 Å². The van der Waals surface area contributed by atoms with Crippen molar-refractivity contribution < 1.29 is 27.0 Å². The lowest BCUT2D eigenvalue weighted by atomic mass is 9.99. The van der Waals surface area contributed by atoms with E-state index in [-0.39, 0.29) is 18.8 Å². The molecule has 0 spiro atoms. The van der Waals surface area contributed by atoms with Crippen LogP contribution in [0.2, 0.25) is 0 Å². The Balaban J connectivity index is 0.000000291. The summed E-state index contributed by atoms with van der Waals surface area (Å²) in [6.45, 7) is 8.07. The third-order valence-electron chi connectivity index (χ3n) is 9.51. The molecule has 0 bridgehead atoms. The molecule has 4 rings (SSSR count). The van der Waals surface area contributed by atoms with Crippen LogP contribution in [0.25, 0.3) is 22.5 Å². The number of hydrogen-bond acceptors (Lipinski definition) is 4. The SMILES string of the molecule is CCCCCCCCc1ccc(-c2ccc(OCC(F)CC)cc2)c(F)c1F.CCCCCCCCc1cnc(-c2ccc(OCC(F)CC)cc2)nc1. The molecule has 4 nitrogen and oxygen atoms in total. The lowest BCUT2D eigenvalue weighted by molar-refractivity contribution is 0.192. The van der Waals surface area contributed by atoms with Gasteiger partial charge in [0, 0.05) is 23.5 Å². The highest BCUT2D eigenvalue weighted by Crippen LogP contribution is 2.29.